The number of rotatable bonds is 3. The Kier molecular flexibility index (Phi) is 4.26. The van der Waals surface area contributed by atoms with Crippen LogP contribution in [0.25, 0.3) is 0 Å². The molecule has 0 saturated carbocycles. The second-order valence-electron chi connectivity index (χ2n) is 5.52. The molecule has 3 N–H and O–H groups in total. The highest BCUT2D eigenvalue weighted by Crippen LogP contribution is 2.43. The maximum atomic E-state index is 11.1. The lowest BCUT2D eigenvalue weighted by atomic mass is 9.81. The Morgan fingerprint density at radius 1 is 1.22 bits per heavy atom. The molecule has 0 spiro atoms. The smallest absolute Gasteiger partial charge is 0.329 e. The van der Waals surface area contributed by atoms with Gasteiger partial charge in [0.2, 0.25) is 0 Å². The van der Waals surface area contributed by atoms with E-state index in [9.17, 15) is 9.67 Å². The predicted octanol–water partition coefficient (Wildman–Crippen LogP) is 2.93. The van der Waals surface area contributed by atoms with Gasteiger partial charge in [-0.2, -0.15) is 0 Å². The highest BCUT2D eigenvalue weighted by atomic mass is 31.2. The second-order valence-corrected chi connectivity index (χ2v) is 7.17. The lowest BCUT2D eigenvalue weighted by molar-refractivity contribution is 0.371. The van der Waals surface area contributed by atoms with Gasteiger partial charge in [-0.25, -0.2) is 0 Å². The van der Waals surface area contributed by atoms with Crippen LogP contribution in [0, 0.1) is 0 Å². The number of benzene rings is 1. The fraction of sp³-hybridized carbons (Fsp3) is 0.538. The van der Waals surface area contributed by atoms with Crippen LogP contribution in [0.2, 0.25) is 0 Å². The van der Waals surface area contributed by atoms with Crippen LogP contribution in [-0.4, -0.2) is 14.9 Å². The summed E-state index contributed by atoms with van der Waals surface area (Å²) in [5, 5.41) is 9.99. The van der Waals surface area contributed by atoms with Crippen molar-refractivity contribution in [3.8, 4) is 5.75 Å². The van der Waals surface area contributed by atoms with Crippen molar-refractivity contribution in [2.75, 3.05) is 0 Å². The first-order valence-electron chi connectivity index (χ1n) is 5.95. The first-order chi connectivity index (χ1) is 8.06. The van der Waals surface area contributed by atoms with E-state index in [1.54, 1.807) is 6.07 Å². The monoisotopic (exact) mass is 272 g/mol. The Bertz CT molecular complexity index is 482. The van der Waals surface area contributed by atoms with E-state index in [2.05, 4.69) is 0 Å². The lowest BCUT2D eigenvalue weighted by Crippen LogP contribution is -2.16. The molecular formula is C13H21O4P. The number of hydrogen-bond donors (Lipinski definition) is 3. The van der Waals surface area contributed by atoms with Crippen molar-refractivity contribution in [1.82, 2.24) is 0 Å². The summed E-state index contributed by atoms with van der Waals surface area (Å²) in [7, 11) is -4.10. The largest absolute Gasteiger partial charge is 0.508 e. The summed E-state index contributed by atoms with van der Waals surface area (Å²) in [6.07, 6.45) is 0.357. The molecule has 0 atom stereocenters. The molecule has 1 aromatic rings. The van der Waals surface area contributed by atoms with Crippen molar-refractivity contribution in [1.29, 1.82) is 0 Å². The molecule has 5 heteroatoms. The highest BCUT2D eigenvalue weighted by Gasteiger charge is 2.25. The fourth-order valence-corrected chi connectivity index (χ4v) is 3.03. The van der Waals surface area contributed by atoms with Gasteiger partial charge in [0.1, 0.15) is 5.75 Å². The van der Waals surface area contributed by atoms with E-state index < -0.39 is 7.60 Å². The third-order valence-electron chi connectivity index (χ3n) is 2.87. The Morgan fingerprint density at radius 2 is 1.78 bits per heavy atom. The van der Waals surface area contributed by atoms with Crippen molar-refractivity contribution >= 4 is 7.60 Å². The topological polar surface area (TPSA) is 77.8 Å². The zero-order chi connectivity index (χ0) is 14.1. The summed E-state index contributed by atoms with van der Waals surface area (Å²) >= 11 is 0. The van der Waals surface area contributed by atoms with Gasteiger partial charge in [0.05, 0.1) is 6.16 Å². The maximum absolute atomic E-state index is 11.1. The summed E-state index contributed by atoms with van der Waals surface area (Å²) in [5.41, 5.74) is 1.97. The van der Waals surface area contributed by atoms with E-state index in [4.69, 9.17) is 9.79 Å². The van der Waals surface area contributed by atoms with Crippen LogP contribution < -0.4 is 0 Å². The molecule has 0 radical (unpaired) electrons. The quantitative estimate of drug-likeness (QED) is 0.739. The van der Waals surface area contributed by atoms with Gasteiger partial charge in [-0.1, -0.05) is 33.8 Å². The molecule has 4 nitrogen and oxygen atoms in total. The van der Waals surface area contributed by atoms with E-state index >= 15 is 0 Å². The molecule has 18 heavy (non-hydrogen) atoms. The molecule has 0 fully saturated rings. The minimum absolute atomic E-state index is 0.189. The maximum Gasteiger partial charge on any atom is 0.329 e. The van der Waals surface area contributed by atoms with Gasteiger partial charge in [0.15, 0.2) is 0 Å². The zero-order valence-corrected chi connectivity index (χ0v) is 12.2. The van der Waals surface area contributed by atoms with Crippen LogP contribution in [0.4, 0.5) is 0 Å². The van der Waals surface area contributed by atoms with Gasteiger partial charge in [-0.05, 0) is 29.0 Å². The predicted molar refractivity (Wildman–Crippen MR) is 71.9 cm³/mol. The van der Waals surface area contributed by atoms with E-state index in [1.165, 1.54) is 6.07 Å². The van der Waals surface area contributed by atoms with Crippen molar-refractivity contribution in [3.05, 3.63) is 28.8 Å². The van der Waals surface area contributed by atoms with Crippen LogP contribution in [0.5, 0.6) is 5.75 Å². The molecule has 0 bridgehead atoms. The Hall–Kier alpha value is -0.830. The number of hydrogen-bond acceptors (Lipinski definition) is 2. The summed E-state index contributed by atoms with van der Waals surface area (Å²) < 4.78 is 11.1. The van der Waals surface area contributed by atoms with Crippen LogP contribution >= 0.6 is 7.60 Å². The molecule has 0 aliphatic carbocycles. The summed E-state index contributed by atoms with van der Waals surface area (Å²) in [6.45, 7) is 7.85. The molecule has 1 aromatic carbocycles. The van der Waals surface area contributed by atoms with Gasteiger partial charge in [-0.3, -0.25) is 4.57 Å². The van der Waals surface area contributed by atoms with Gasteiger partial charge in [0, 0.05) is 5.56 Å². The fourth-order valence-electron chi connectivity index (χ4n) is 2.29. The van der Waals surface area contributed by atoms with Crippen molar-refractivity contribution in [3.63, 3.8) is 0 Å². The lowest BCUT2D eigenvalue weighted by Gasteiger charge is -2.26. The van der Waals surface area contributed by atoms with Crippen molar-refractivity contribution in [2.45, 2.75) is 45.7 Å². The highest BCUT2D eigenvalue weighted by molar-refractivity contribution is 7.50. The van der Waals surface area contributed by atoms with Crippen LogP contribution in [0.1, 0.15) is 44.4 Å². The first-order valence-corrected chi connectivity index (χ1v) is 7.74. The summed E-state index contributed by atoms with van der Waals surface area (Å²) in [4.78, 5) is 18.2. The summed E-state index contributed by atoms with van der Waals surface area (Å²) in [5.74, 6) is 0.189. The van der Waals surface area contributed by atoms with Gasteiger partial charge in [0.25, 0.3) is 0 Å². The molecule has 0 saturated heterocycles. The van der Waals surface area contributed by atoms with Crippen LogP contribution in [0.15, 0.2) is 12.1 Å². The number of phenols is 1. The van der Waals surface area contributed by atoms with Gasteiger partial charge in [-0.15, -0.1) is 0 Å². The third-order valence-corrected chi connectivity index (χ3v) is 3.62. The Balaban J connectivity index is 3.44. The average molecular weight is 272 g/mol. The van der Waals surface area contributed by atoms with Crippen LogP contribution in [0.3, 0.4) is 0 Å². The third kappa shape index (κ3) is 3.58. The molecule has 0 aliphatic heterocycles. The Morgan fingerprint density at radius 3 is 2.17 bits per heavy atom. The molecule has 102 valence electrons. The van der Waals surface area contributed by atoms with Gasteiger partial charge < -0.3 is 14.9 Å². The van der Waals surface area contributed by atoms with E-state index in [1.807, 2.05) is 27.7 Å². The van der Waals surface area contributed by atoms with E-state index in [0.717, 1.165) is 11.1 Å². The van der Waals surface area contributed by atoms with Crippen LogP contribution in [-0.2, 0) is 22.6 Å². The molecular weight excluding hydrogens is 251 g/mol. The van der Waals surface area contributed by atoms with Gasteiger partial charge >= 0.3 is 7.60 Å². The normalized spacial score (nSPS) is 12.8. The molecule has 1 rings (SSSR count). The Labute approximate surface area is 108 Å². The molecule has 0 amide bonds. The van der Waals surface area contributed by atoms with E-state index in [-0.39, 0.29) is 17.3 Å². The molecule has 0 heterocycles. The second kappa shape index (κ2) is 5.04. The molecule has 0 aliphatic rings. The SMILES string of the molecule is CCc1c(CP(=O)(O)O)ccc(O)c1C(C)(C)C. The average Bonchev–Trinajstić information content (AvgIpc) is 2.16. The molecule has 0 unspecified atom stereocenters. The van der Waals surface area contributed by atoms with Crippen molar-refractivity contribution < 1.29 is 19.5 Å². The first kappa shape index (κ1) is 15.2. The molecule has 0 aromatic heterocycles. The minimum atomic E-state index is -4.10. The number of phenolic OH excluding ortho intramolecular Hbond substituents is 1. The minimum Gasteiger partial charge on any atom is -0.508 e. The standard InChI is InChI=1S/C13H21O4P/c1-5-10-9(8-18(15,16)17)6-7-11(14)12(10)13(2,3)4/h6-7,14H,5,8H2,1-4H3,(H2,15,16,17). The van der Waals surface area contributed by atoms with E-state index in [0.29, 0.717) is 12.0 Å². The summed E-state index contributed by atoms with van der Waals surface area (Å²) in [6, 6.07) is 3.12. The number of aromatic hydroxyl groups is 1. The zero-order valence-electron chi connectivity index (χ0n) is 11.3. The van der Waals surface area contributed by atoms with Crippen molar-refractivity contribution in [2.24, 2.45) is 0 Å².